The number of carbonyl (C=O) groups excluding carboxylic acids is 3. The van der Waals surface area contributed by atoms with Gasteiger partial charge in [0, 0.05) is 12.1 Å². The fourth-order valence-corrected chi connectivity index (χ4v) is 3.58. The van der Waals surface area contributed by atoms with Gasteiger partial charge in [-0.2, -0.15) is 0 Å². The van der Waals surface area contributed by atoms with E-state index in [1.54, 1.807) is 25.7 Å². The molecule has 0 heterocycles. The molecule has 1 unspecified atom stereocenters. The predicted octanol–water partition coefficient (Wildman–Crippen LogP) is 5.19. The number of carbonyl (C=O) groups is 3. The minimum absolute atomic E-state index is 0.216. The van der Waals surface area contributed by atoms with Crippen LogP contribution in [0.1, 0.15) is 96.9 Å². The Morgan fingerprint density at radius 3 is 2.15 bits per heavy atom. The molecule has 0 aromatic heterocycles. The van der Waals surface area contributed by atoms with E-state index in [0.29, 0.717) is 13.0 Å². The molecular weight excluding hydrogens is 430 g/mol. The maximum atomic E-state index is 13.5. The lowest BCUT2D eigenvalue weighted by atomic mass is 9.91. The van der Waals surface area contributed by atoms with Crippen molar-refractivity contribution in [2.45, 2.75) is 105 Å². The van der Waals surface area contributed by atoms with Gasteiger partial charge in [-0.25, -0.2) is 4.79 Å². The molecule has 0 saturated heterocycles. The molecule has 1 aromatic rings. The van der Waals surface area contributed by atoms with Crippen molar-refractivity contribution in [2.24, 2.45) is 0 Å². The van der Waals surface area contributed by atoms with Crippen LogP contribution in [-0.2, 0) is 14.3 Å². The normalized spacial score (nSPS) is 12.6. The van der Waals surface area contributed by atoms with E-state index in [1.165, 1.54) is 0 Å². The second-order valence-corrected chi connectivity index (χ2v) is 10.5. The molecule has 0 radical (unpaired) electrons. The van der Waals surface area contributed by atoms with Gasteiger partial charge in [0.1, 0.15) is 18.2 Å². The van der Waals surface area contributed by atoms with Crippen molar-refractivity contribution in [1.82, 2.24) is 15.5 Å². The van der Waals surface area contributed by atoms with Crippen molar-refractivity contribution in [3.8, 4) is 0 Å². The Balaban J connectivity index is 3.33. The van der Waals surface area contributed by atoms with E-state index in [9.17, 15) is 14.4 Å². The van der Waals surface area contributed by atoms with Crippen molar-refractivity contribution < 1.29 is 19.1 Å². The van der Waals surface area contributed by atoms with Crippen LogP contribution in [0.2, 0.25) is 0 Å². The third kappa shape index (κ3) is 8.99. The van der Waals surface area contributed by atoms with Crippen molar-refractivity contribution in [3.63, 3.8) is 0 Å². The Morgan fingerprint density at radius 1 is 0.971 bits per heavy atom. The van der Waals surface area contributed by atoms with Crippen LogP contribution in [0.4, 0.5) is 4.79 Å². The van der Waals surface area contributed by atoms with Crippen LogP contribution in [0, 0.1) is 13.8 Å². The standard InChI is InChI=1S/C27H45N3O4/c1-10-12-13-16-28-24(32)23(21-15-14-19(3)20(4)17-21)30(27(8,9)11-2)22(31)18-29-25(33)34-26(5,6)7/h14-15,17,23H,10-13,16,18H2,1-9H3,(H,28,32)(H,29,33). The van der Waals surface area contributed by atoms with Gasteiger partial charge in [-0.05, 0) is 78.0 Å². The zero-order valence-electron chi connectivity index (χ0n) is 22.6. The molecule has 0 saturated carbocycles. The quantitative estimate of drug-likeness (QED) is 0.431. The number of nitrogens with zero attached hydrogens (tertiary/aromatic N) is 1. The molecular formula is C27H45N3O4. The van der Waals surface area contributed by atoms with Crippen LogP contribution in [-0.4, -0.2) is 47.0 Å². The second-order valence-electron chi connectivity index (χ2n) is 10.5. The van der Waals surface area contributed by atoms with Crippen molar-refractivity contribution in [3.05, 3.63) is 34.9 Å². The summed E-state index contributed by atoms with van der Waals surface area (Å²) in [5.41, 5.74) is 1.62. The minimum atomic E-state index is -0.816. The third-order valence-electron chi connectivity index (χ3n) is 6.00. The maximum absolute atomic E-state index is 13.5. The zero-order valence-corrected chi connectivity index (χ0v) is 22.6. The number of hydrogen-bond acceptors (Lipinski definition) is 4. The number of rotatable bonds is 11. The van der Waals surface area contributed by atoms with Crippen molar-refractivity contribution in [2.75, 3.05) is 13.1 Å². The van der Waals surface area contributed by atoms with Gasteiger partial charge in [-0.15, -0.1) is 0 Å². The van der Waals surface area contributed by atoms with Gasteiger partial charge in [0.15, 0.2) is 0 Å². The molecule has 7 heteroatoms. The molecule has 0 aliphatic heterocycles. The van der Waals surface area contributed by atoms with E-state index in [1.807, 2.05) is 52.8 Å². The topological polar surface area (TPSA) is 87.7 Å². The number of benzene rings is 1. The Morgan fingerprint density at radius 2 is 1.62 bits per heavy atom. The molecule has 0 bridgehead atoms. The van der Waals surface area contributed by atoms with Gasteiger partial charge < -0.3 is 20.3 Å². The van der Waals surface area contributed by atoms with E-state index in [0.717, 1.165) is 36.0 Å². The summed E-state index contributed by atoms with van der Waals surface area (Å²) in [6.45, 7) is 17.6. The van der Waals surface area contributed by atoms with Gasteiger partial charge in [-0.1, -0.05) is 44.9 Å². The summed E-state index contributed by atoms with van der Waals surface area (Å²) in [7, 11) is 0. The molecule has 3 amide bonds. The third-order valence-corrected chi connectivity index (χ3v) is 6.00. The number of ether oxygens (including phenoxy) is 1. The highest BCUT2D eigenvalue weighted by atomic mass is 16.6. The summed E-state index contributed by atoms with van der Waals surface area (Å²) in [5.74, 6) is -0.559. The van der Waals surface area contributed by atoms with E-state index >= 15 is 0 Å². The van der Waals surface area contributed by atoms with Gasteiger partial charge >= 0.3 is 6.09 Å². The molecule has 0 aliphatic carbocycles. The Labute approximate surface area is 206 Å². The van der Waals surface area contributed by atoms with Gasteiger partial charge in [0.25, 0.3) is 0 Å². The highest BCUT2D eigenvalue weighted by Crippen LogP contribution is 2.32. The second kappa shape index (κ2) is 12.8. The van der Waals surface area contributed by atoms with E-state index in [4.69, 9.17) is 4.74 Å². The van der Waals surface area contributed by atoms with Crippen molar-refractivity contribution >= 4 is 17.9 Å². The summed E-state index contributed by atoms with van der Waals surface area (Å²) in [6, 6.07) is 5.04. The lowest BCUT2D eigenvalue weighted by Gasteiger charge is -2.43. The van der Waals surface area contributed by atoms with E-state index < -0.39 is 23.3 Å². The smallest absolute Gasteiger partial charge is 0.408 e. The average Bonchev–Trinajstić information content (AvgIpc) is 2.73. The lowest BCUT2D eigenvalue weighted by Crippen LogP contribution is -2.56. The lowest BCUT2D eigenvalue weighted by molar-refractivity contribution is -0.146. The molecule has 1 rings (SSSR count). The molecule has 1 atom stereocenters. The monoisotopic (exact) mass is 475 g/mol. The fourth-order valence-electron chi connectivity index (χ4n) is 3.58. The van der Waals surface area contributed by atoms with Crippen LogP contribution >= 0.6 is 0 Å². The minimum Gasteiger partial charge on any atom is -0.444 e. The molecule has 2 N–H and O–H groups in total. The number of aryl methyl sites for hydroxylation is 2. The van der Waals surface area contributed by atoms with E-state index in [2.05, 4.69) is 17.6 Å². The van der Waals surface area contributed by atoms with Crippen LogP contribution in [0.3, 0.4) is 0 Å². The van der Waals surface area contributed by atoms with Crippen LogP contribution < -0.4 is 10.6 Å². The summed E-state index contributed by atoms with van der Waals surface area (Å²) in [6.07, 6.45) is 2.93. The summed E-state index contributed by atoms with van der Waals surface area (Å²) in [4.78, 5) is 40.9. The molecule has 1 aromatic carbocycles. The predicted molar refractivity (Wildman–Crippen MR) is 137 cm³/mol. The average molecular weight is 476 g/mol. The number of alkyl carbamates (subject to hydrolysis) is 1. The Kier molecular flexibility index (Phi) is 11.1. The maximum Gasteiger partial charge on any atom is 0.408 e. The van der Waals surface area contributed by atoms with Crippen LogP contribution in [0.15, 0.2) is 18.2 Å². The first-order chi connectivity index (χ1) is 15.7. The largest absolute Gasteiger partial charge is 0.444 e. The summed E-state index contributed by atoms with van der Waals surface area (Å²) < 4.78 is 5.28. The number of unbranched alkanes of at least 4 members (excludes halogenated alkanes) is 2. The number of hydrogen-bond donors (Lipinski definition) is 2. The van der Waals surface area contributed by atoms with Crippen LogP contribution in [0.25, 0.3) is 0 Å². The van der Waals surface area contributed by atoms with Gasteiger partial charge in [0.05, 0.1) is 0 Å². The molecule has 0 aliphatic rings. The first-order valence-corrected chi connectivity index (χ1v) is 12.4. The zero-order chi connectivity index (χ0) is 26.1. The van der Waals surface area contributed by atoms with Gasteiger partial charge in [-0.3, -0.25) is 9.59 Å². The highest BCUT2D eigenvalue weighted by molar-refractivity contribution is 5.91. The van der Waals surface area contributed by atoms with E-state index in [-0.39, 0.29) is 18.4 Å². The first-order valence-electron chi connectivity index (χ1n) is 12.4. The molecule has 0 fully saturated rings. The Bertz CT molecular complexity index is 843. The highest BCUT2D eigenvalue weighted by Gasteiger charge is 2.40. The number of nitrogens with one attached hydrogen (secondary N) is 2. The van der Waals surface area contributed by atoms with Crippen molar-refractivity contribution in [1.29, 1.82) is 0 Å². The summed E-state index contributed by atoms with van der Waals surface area (Å²) >= 11 is 0. The molecule has 0 spiro atoms. The van der Waals surface area contributed by atoms with Crippen LogP contribution in [0.5, 0.6) is 0 Å². The Hall–Kier alpha value is -2.57. The SMILES string of the molecule is CCCCCNC(=O)C(c1ccc(C)c(C)c1)N(C(=O)CNC(=O)OC(C)(C)C)C(C)(C)CC. The van der Waals surface area contributed by atoms with Gasteiger partial charge in [0.2, 0.25) is 11.8 Å². The first kappa shape index (κ1) is 29.5. The number of amides is 3. The molecule has 192 valence electrons. The molecule has 7 nitrogen and oxygen atoms in total. The summed E-state index contributed by atoms with van der Waals surface area (Å²) in [5, 5.41) is 5.59. The fraction of sp³-hybridized carbons (Fsp3) is 0.667. The molecule has 34 heavy (non-hydrogen) atoms.